The number of nitrogens with zero attached hydrogens (tertiary/aromatic N) is 2. The molecule has 8 heteroatoms. The van der Waals surface area contributed by atoms with Gasteiger partial charge >= 0.3 is 0 Å². The van der Waals surface area contributed by atoms with Crippen molar-refractivity contribution in [2.24, 2.45) is 4.99 Å². The molecule has 0 saturated heterocycles. The van der Waals surface area contributed by atoms with E-state index in [9.17, 15) is 0 Å². The third-order valence-electron chi connectivity index (χ3n) is 4.95. The zero-order chi connectivity index (χ0) is 21.9. The second-order valence-corrected chi connectivity index (χ2v) is 7.55. The van der Waals surface area contributed by atoms with Gasteiger partial charge < -0.3 is 9.47 Å². The summed E-state index contributed by atoms with van der Waals surface area (Å²) in [6, 6.07) is 13.0. The number of aliphatic imine (C=N–C) groups is 1. The molecule has 0 radical (unpaired) electrons. The summed E-state index contributed by atoms with van der Waals surface area (Å²) in [7, 11) is 3.23. The summed E-state index contributed by atoms with van der Waals surface area (Å²) in [6.45, 7) is 4.46. The molecule has 0 aromatic heterocycles. The molecule has 0 bridgehead atoms. The fourth-order valence-electron chi connectivity index (χ4n) is 3.40. The number of nitrogens with one attached hydrogen (secondary N) is 3. The van der Waals surface area contributed by atoms with Gasteiger partial charge in [-0.15, -0.1) is 0 Å². The average molecular weight is 428 g/mol. The van der Waals surface area contributed by atoms with Crippen LogP contribution < -0.4 is 15.0 Å². The van der Waals surface area contributed by atoms with Gasteiger partial charge in [-0.3, -0.25) is 26.0 Å². The number of hydrogen-bond donors (Lipinski definition) is 3. The van der Waals surface area contributed by atoms with Crippen molar-refractivity contribution in [3.8, 4) is 5.75 Å². The first-order valence-electron chi connectivity index (χ1n) is 9.53. The van der Waals surface area contributed by atoms with E-state index in [2.05, 4.69) is 5.32 Å². The van der Waals surface area contributed by atoms with Crippen LogP contribution in [-0.4, -0.2) is 50.4 Å². The fourth-order valence-corrected chi connectivity index (χ4v) is 3.52. The monoisotopic (exact) mass is 427 g/mol. The van der Waals surface area contributed by atoms with Gasteiger partial charge in [0.15, 0.2) is 5.66 Å². The molecule has 2 aromatic rings. The van der Waals surface area contributed by atoms with Crippen molar-refractivity contribution in [2.75, 3.05) is 32.3 Å². The number of ether oxygens (including phenoxy) is 2. The highest BCUT2D eigenvalue weighted by molar-refractivity contribution is 6.31. The molecule has 1 atom stereocenters. The van der Waals surface area contributed by atoms with Gasteiger partial charge in [-0.25, -0.2) is 0 Å². The van der Waals surface area contributed by atoms with E-state index in [1.165, 1.54) is 0 Å². The Kier molecular flexibility index (Phi) is 6.55. The topological polar surface area (TPSA) is 93.8 Å². The lowest BCUT2D eigenvalue weighted by atomic mass is 9.99. The molecule has 0 saturated carbocycles. The third kappa shape index (κ3) is 4.23. The second kappa shape index (κ2) is 8.95. The van der Waals surface area contributed by atoms with Crippen molar-refractivity contribution in [1.82, 2.24) is 5.32 Å². The molecular formula is C22H26ClN5O2. The maximum absolute atomic E-state index is 8.94. The smallest absolute Gasteiger partial charge is 0.166 e. The molecule has 1 aliphatic heterocycles. The average Bonchev–Trinajstić information content (AvgIpc) is 2.82. The summed E-state index contributed by atoms with van der Waals surface area (Å²) in [6.07, 6.45) is 0. The number of rotatable bonds is 6. The molecule has 1 heterocycles. The number of halogens is 1. The number of amidine groups is 2. The van der Waals surface area contributed by atoms with Gasteiger partial charge in [-0.05, 0) is 44.2 Å². The van der Waals surface area contributed by atoms with Crippen molar-refractivity contribution in [2.45, 2.75) is 19.5 Å². The normalized spacial score (nSPS) is 18.5. The van der Waals surface area contributed by atoms with Gasteiger partial charge in [0, 0.05) is 29.8 Å². The predicted molar refractivity (Wildman–Crippen MR) is 122 cm³/mol. The maximum Gasteiger partial charge on any atom is 0.166 e. The number of fused-ring (bicyclic) bond motifs is 1. The quantitative estimate of drug-likeness (QED) is 0.370. The van der Waals surface area contributed by atoms with Crippen LogP contribution in [0, 0.1) is 10.8 Å². The number of benzene rings is 2. The van der Waals surface area contributed by atoms with Crippen LogP contribution in [0.2, 0.25) is 5.02 Å². The van der Waals surface area contributed by atoms with Crippen molar-refractivity contribution >= 4 is 34.7 Å². The number of benzodiazepines with no additional fused rings is 1. The summed E-state index contributed by atoms with van der Waals surface area (Å²) in [5, 5.41) is 21.3. The molecule has 0 amide bonds. The molecule has 7 nitrogen and oxygen atoms in total. The first kappa shape index (κ1) is 22.0. The van der Waals surface area contributed by atoms with Gasteiger partial charge in [-0.1, -0.05) is 23.7 Å². The van der Waals surface area contributed by atoms with Gasteiger partial charge in [-0.2, -0.15) is 0 Å². The van der Waals surface area contributed by atoms with Crippen LogP contribution in [0.1, 0.15) is 25.0 Å². The molecular weight excluding hydrogens is 402 g/mol. The largest absolute Gasteiger partial charge is 0.497 e. The minimum atomic E-state index is -1.08. The van der Waals surface area contributed by atoms with Crippen molar-refractivity contribution < 1.29 is 9.47 Å². The molecule has 0 spiro atoms. The zero-order valence-corrected chi connectivity index (χ0v) is 18.3. The SMILES string of the molecule is COCCNC1(C)N=C(c2ccc(Cl)cc2)c2cc(OC)ccc2N(C(C)=N)C1=N. The summed E-state index contributed by atoms with van der Waals surface area (Å²) < 4.78 is 10.6. The van der Waals surface area contributed by atoms with E-state index in [0.29, 0.717) is 35.3 Å². The Hall–Kier alpha value is -2.74. The molecule has 158 valence electrons. The molecule has 3 rings (SSSR count). The first-order valence-corrected chi connectivity index (χ1v) is 9.91. The van der Waals surface area contributed by atoms with E-state index in [1.807, 2.05) is 49.4 Å². The van der Waals surface area contributed by atoms with Crippen molar-refractivity contribution in [3.05, 3.63) is 58.6 Å². The molecule has 2 aromatic carbocycles. The highest BCUT2D eigenvalue weighted by Gasteiger charge is 2.39. The number of hydrogen-bond acceptors (Lipinski definition) is 6. The number of anilines is 1. The van der Waals surface area contributed by atoms with E-state index in [0.717, 1.165) is 11.1 Å². The Morgan fingerprint density at radius 1 is 1.20 bits per heavy atom. The standard InChI is InChI=1S/C22H26ClN5O2/c1-14(24)28-19-10-9-17(30-4)13-18(19)20(15-5-7-16(23)8-6-15)27-22(2,21(28)25)26-11-12-29-3/h5-10,13,24-26H,11-12H2,1-4H3. The third-order valence-corrected chi connectivity index (χ3v) is 5.20. The van der Waals surface area contributed by atoms with Crippen LogP contribution in [-0.2, 0) is 4.74 Å². The van der Waals surface area contributed by atoms with Crippen LogP contribution in [0.15, 0.2) is 47.5 Å². The molecule has 0 aliphatic carbocycles. The van der Waals surface area contributed by atoms with E-state index in [4.69, 9.17) is 36.9 Å². The van der Waals surface area contributed by atoms with Crippen LogP contribution in [0.5, 0.6) is 5.75 Å². The van der Waals surface area contributed by atoms with Gasteiger partial charge in [0.2, 0.25) is 0 Å². The first-order chi connectivity index (χ1) is 14.3. The lowest BCUT2D eigenvalue weighted by Gasteiger charge is -2.33. The highest BCUT2D eigenvalue weighted by atomic mass is 35.5. The van der Waals surface area contributed by atoms with Crippen LogP contribution >= 0.6 is 11.6 Å². The molecule has 0 fully saturated rings. The predicted octanol–water partition coefficient (Wildman–Crippen LogP) is 3.93. The van der Waals surface area contributed by atoms with Crippen molar-refractivity contribution in [3.63, 3.8) is 0 Å². The molecule has 1 aliphatic rings. The minimum absolute atomic E-state index is 0.154. The molecule has 1 unspecified atom stereocenters. The van der Waals surface area contributed by atoms with Gasteiger partial charge in [0.25, 0.3) is 0 Å². The molecule has 3 N–H and O–H groups in total. The Morgan fingerprint density at radius 2 is 1.90 bits per heavy atom. The lowest BCUT2D eigenvalue weighted by Crippen LogP contribution is -2.56. The Bertz CT molecular complexity index is 990. The minimum Gasteiger partial charge on any atom is -0.497 e. The van der Waals surface area contributed by atoms with E-state index in [1.54, 1.807) is 26.0 Å². The summed E-state index contributed by atoms with van der Waals surface area (Å²) in [4.78, 5) is 6.60. The van der Waals surface area contributed by atoms with Crippen molar-refractivity contribution in [1.29, 1.82) is 10.8 Å². The van der Waals surface area contributed by atoms with Crippen LogP contribution in [0.25, 0.3) is 0 Å². The second-order valence-electron chi connectivity index (χ2n) is 7.11. The van der Waals surface area contributed by atoms with Gasteiger partial charge in [0.1, 0.15) is 17.4 Å². The number of methoxy groups -OCH3 is 2. The Morgan fingerprint density at radius 3 is 2.50 bits per heavy atom. The van der Waals surface area contributed by atoms with E-state index >= 15 is 0 Å². The Labute approximate surface area is 181 Å². The zero-order valence-electron chi connectivity index (χ0n) is 17.5. The summed E-state index contributed by atoms with van der Waals surface area (Å²) >= 11 is 6.10. The van der Waals surface area contributed by atoms with Gasteiger partial charge in [0.05, 0.1) is 25.1 Å². The molecule has 30 heavy (non-hydrogen) atoms. The Balaban J connectivity index is 2.28. The van der Waals surface area contributed by atoms with Crippen LogP contribution in [0.4, 0.5) is 5.69 Å². The van der Waals surface area contributed by atoms with Crippen LogP contribution in [0.3, 0.4) is 0 Å². The van der Waals surface area contributed by atoms with E-state index < -0.39 is 5.66 Å². The summed E-state index contributed by atoms with van der Waals surface area (Å²) in [5.41, 5.74) is 1.92. The maximum atomic E-state index is 8.94. The summed E-state index contributed by atoms with van der Waals surface area (Å²) in [5.74, 6) is 1.04. The highest BCUT2D eigenvalue weighted by Crippen LogP contribution is 2.34. The lowest BCUT2D eigenvalue weighted by molar-refractivity contribution is 0.193. The van der Waals surface area contributed by atoms with E-state index in [-0.39, 0.29) is 11.7 Å². The fraction of sp³-hybridized carbons (Fsp3) is 0.318.